The van der Waals surface area contributed by atoms with Gasteiger partial charge in [-0.1, -0.05) is 25.3 Å². The Morgan fingerprint density at radius 1 is 1.32 bits per heavy atom. The molecule has 0 aliphatic heterocycles. The number of hydrogen-bond donors (Lipinski definition) is 2. The molecule has 1 aliphatic rings. The second-order valence-electron chi connectivity index (χ2n) is 6.71. The molecule has 0 saturated heterocycles. The highest BCUT2D eigenvalue weighted by Crippen LogP contribution is 2.33. The van der Waals surface area contributed by atoms with Gasteiger partial charge in [0.05, 0.1) is 18.3 Å². The van der Waals surface area contributed by atoms with Crippen LogP contribution in [0, 0.1) is 11.3 Å². The number of nitrogens with one attached hydrogen (secondary N) is 2. The molecule has 0 unspecified atom stereocenters. The minimum absolute atomic E-state index is 0.261. The van der Waals surface area contributed by atoms with Crippen LogP contribution >= 0.6 is 0 Å². The Hall–Kier alpha value is -2.83. The summed E-state index contributed by atoms with van der Waals surface area (Å²) in [5.41, 5.74) is 2.53. The highest BCUT2D eigenvalue weighted by Gasteiger charge is 2.30. The molecule has 0 heterocycles. The third kappa shape index (κ3) is 5.58. The van der Waals surface area contributed by atoms with Crippen molar-refractivity contribution < 1.29 is 13.2 Å². The molecule has 28 heavy (non-hydrogen) atoms. The fraction of sp³-hybridized carbons (Fsp3) is 0.333. The molecule has 0 spiro atoms. The van der Waals surface area contributed by atoms with Gasteiger partial charge in [0.25, 0.3) is 0 Å². The molecule has 7 heteroatoms. The lowest BCUT2D eigenvalue weighted by Gasteiger charge is -2.16. The minimum Gasteiger partial charge on any atom is -0.388 e. The molecule has 0 bridgehead atoms. The van der Waals surface area contributed by atoms with Gasteiger partial charge in [-0.15, -0.1) is 0 Å². The van der Waals surface area contributed by atoms with Crippen LogP contribution in [0.2, 0.25) is 0 Å². The molecule has 4 nitrogen and oxygen atoms in total. The fourth-order valence-corrected chi connectivity index (χ4v) is 2.68. The molecule has 0 atom stereocenters. The smallest absolute Gasteiger partial charge is 0.388 e. The summed E-state index contributed by atoms with van der Waals surface area (Å²) in [5, 5.41) is 17.4. The second-order valence-corrected chi connectivity index (χ2v) is 6.71. The number of halogens is 3. The van der Waals surface area contributed by atoms with Crippen LogP contribution in [0.3, 0.4) is 0 Å². The van der Waals surface area contributed by atoms with Gasteiger partial charge in [0.1, 0.15) is 0 Å². The van der Waals surface area contributed by atoms with E-state index in [-0.39, 0.29) is 5.92 Å². The van der Waals surface area contributed by atoms with Gasteiger partial charge in [0.2, 0.25) is 0 Å². The molecule has 1 aromatic carbocycles. The summed E-state index contributed by atoms with van der Waals surface area (Å²) in [6.45, 7) is 8.06. The number of nitrogens with zero attached hydrogens (tertiary/aromatic N) is 2. The van der Waals surface area contributed by atoms with E-state index in [1.54, 1.807) is 31.4 Å². The van der Waals surface area contributed by atoms with Crippen LogP contribution in [0.15, 0.2) is 59.9 Å². The SMILES string of the molecule is C=C/C(NC)=C(\C=N/N(C)CC(=C)c1ccc(C(F)(F)F)cc1)C(=N)C1CC1. The number of benzene rings is 1. The Kier molecular flexibility index (Phi) is 6.83. The molecule has 0 aromatic heterocycles. The molecule has 150 valence electrons. The van der Waals surface area contributed by atoms with Crippen LogP contribution in [0.5, 0.6) is 0 Å². The normalized spacial score (nSPS) is 15.2. The van der Waals surface area contributed by atoms with E-state index in [4.69, 9.17) is 5.41 Å². The van der Waals surface area contributed by atoms with E-state index in [0.717, 1.165) is 30.7 Å². The standard InChI is InChI=1S/C21H25F3N4/c1-5-19(26-3)18(20(25)16-6-7-16)12-27-28(4)13-14(2)15-8-10-17(11-9-15)21(22,23)24/h5,8-12,16,25-26H,1-2,6-7,13H2,3-4H3/b19-18-,25-20?,27-12-. The molecule has 0 radical (unpaired) electrons. The zero-order valence-corrected chi connectivity index (χ0v) is 16.1. The largest absolute Gasteiger partial charge is 0.416 e. The monoisotopic (exact) mass is 390 g/mol. The van der Waals surface area contributed by atoms with Gasteiger partial charge >= 0.3 is 6.18 Å². The Labute approximate surface area is 163 Å². The maximum Gasteiger partial charge on any atom is 0.416 e. The molecule has 1 aliphatic carbocycles. The van der Waals surface area contributed by atoms with E-state index in [2.05, 4.69) is 23.6 Å². The van der Waals surface area contributed by atoms with Crippen molar-refractivity contribution in [3.63, 3.8) is 0 Å². The van der Waals surface area contributed by atoms with Crippen molar-refractivity contribution in [3.05, 3.63) is 65.9 Å². The van der Waals surface area contributed by atoms with Gasteiger partial charge < -0.3 is 10.7 Å². The Morgan fingerprint density at radius 3 is 2.39 bits per heavy atom. The summed E-state index contributed by atoms with van der Waals surface area (Å²) in [6.07, 6.45) is 0.926. The Balaban J connectivity index is 2.07. The van der Waals surface area contributed by atoms with Gasteiger partial charge in [-0.3, -0.25) is 5.01 Å². The van der Waals surface area contributed by atoms with E-state index < -0.39 is 11.7 Å². The number of likely N-dealkylation sites (N-methyl/N-ethyl adjacent to an activating group) is 2. The van der Waals surface area contributed by atoms with Crippen molar-refractivity contribution >= 4 is 17.5 Å². The first-order chi connectivity index (χ1) is 13.2. The summed E-state index contributed by atoms with van der Waals surface area (Å²) in [5.74, 6) is 0.261. The number of hydrogen-bond acceptors (Lipinski definition) is 4. The van der Waals surface area contributed by atoms with Crippen LogP contribution in [0.1, 0.15) is 24.0 Å². The van der Waals surface area contributed by atoms with Crippen LogP contribution in [0.4, 0.5) is 13.2 Å². The van der Waals surface area contributed by atoms with Gasteiger partial charge in [0.15, 0.2) is 0 Å². The molecular formula is C21H25F3N4. The van der Waals surface area contributed by atoms with Crippen molar-refractivity contribution in [3.8, 4) is 0 Å². The van der Waals surface area contributed by atoms with Crippen molar-refractivity contribution in [1.82, 2.24) is 10.3 Å². The second kappa shape index (κ2) is 8.91. The minimum atomic E-state index is -4.36. The lowest BCUT2D eigenvalue weighted by molar-refractivity contribution is -0.137. The molecular weight excluding hydrogens is 365 g/mol. The van der Waals surface area contributed by atoms with E-state index >= 15 is 0 Å². The lowest BCUT2D eigenvalue weighted by Crippen LogP contribution is -2.18. The fourth-order valence-electron chi connectivity index (χ4n) is 2.68. The molecule has 1 fully saturated rings. The van der Waals surface area contributed by atoms with Crippen molar-refractivity contribution in [1.29, 1.82) is 5.41 Å². The zero-order chi connectivity index (χ0) is 20.9. The van der Waals surface area contributed by atoms with Gasteiger partial charge in [-0.2, -0.15) is 18.3 Å². The first-order valence-electron chi connectivity index (χ1n) is 8.91. The van der Waals surface area contributed by atoms with Crippen LogP contribution in [0.25, 0.3) is 5.57 Å². The summed E-state index contributed by atoms with van der Waals surface area (Å²) in [7, 11) is 3.51. The summed E-state index contributed by atoms with van der Waals surface area (Å²) in [4.78, 5) is 0. The Bertz CT molecular complexity index is 800. The summed E-state index contributed by atoms with van der Waals surface area (Å²) in [6, 6.07) is 4.91. The average molecular weight is 390 g/mol. The highest BCUT2D eigenvalue weighted by molar-refractivity contribution is 6.17. The molecule has 2 N–H and O–H groups in total. The topological polar surface area (TPSA) is 51.5 Å². The molecule has 1 aromatic rings. The lowest BCUT2D eigenvalue weighted by atomic mass is 10.0. The number of alkyl halides is 3. The predicted octanol–water partition coefficient (Wildman–Crippen LogP) is 4.73. The number of hydrazone groups is 1. The maximum absolute atomic E-state index is 12.7. The average Bonchev–Trinajstić information content (AvgIpc) is 3.49. The first-order valence-corrected chi connectivity index (χ1v) is 8.91. The van der Waals surface area contributed by atoms with Gasteiger partial charge in [-0.05, 0) is 42.2 Å². The predicted molar refractivity (Wildman–Crippen MR) is 108 cm³/mol. The van der Waals surface area contributed by atoms with Crippen molar-refractivity contribution in [2.24, 2.45) is 11.0 Å². The molecule has 2 rings (SSSR count). The summed E-state index contributed by atoms with van der Waals surface area (Å²) < 4.78 is 38.0. The van der Waals surface area contributed by atoms with Crippen molar-refractivity contribution in [2.45, 2.75) is 19.0 Å². The van der Waals surface area contributed by atoms with Crippen LogP contribution < -0.4 is 5.32 Å². The van der Waals surface area contributed by atoms with E-state index in [1.165, 1.54) is 12.1 Å². The quantitative estimate of drug-likeness (QED) is 0.364. The maximum atomic E-state index is 12.7. The Morgan fingerprint density at radius 2 is 1.93 bits per heavy atom. The van der Waals surface area contributed by atoms with Crippen LogP contribution in [-0.4, -0.2) is 37.6 Å². The highest BCUT2D eigenvalue weighted by atomic mass is 19.4. The van der Waals surface area contributed by atoms with E-state index in [9.17, 15) is 13.2 Å². The molecule has 1 saturated carbocycles. The van der Waals surface area contributed by atoms with Gasteiger partial charge in [-0.25, -0.2) is 0 Å². The first kappa shape index (κ1) is 21.5. The van der Waals surface area contributed by atoms with E-state index in [1.807, 2.05) is 0 Å². The third-order valence-electron chi connectivity index (χ3n) is 4.46. The number of allylic oxidation sites excluding steroid dienone is 2. The summed E-state index contributed by atoms with van der Waals surface area (Å²) >= 11 is 0. The van der Waals surface area contributed by atoms with Crippen LogP contribution in [-0.2, 0) is 6.18 Å². The van der Waals surface area contributed by atoms with Crippen molar-refractivity contribution in [2.75, 3.05) is 20.6 Å². The third-order valence-corrected chi connectivity index (χ3v) is 4.46. The van der Waals surface area contributed by atoms with Gasteiger partial charge in [0, 0.05) is 37.0 Å². The van der Waals surface area contributed by atoms with E-state index in [0.29, 0.717) is 29.0 Å². The molecule has 0 amide bonds. The zero-order valence-electron chi connectivity index (χ0n) is 16.1. The number of rotatable bonds is 9.